The number of anilines is 2. The van der Waals surface area contributed by atoms with Gasteiger partial charge in [0, 0.05) is 12.6 Å². The van der Waals surface area contributed by atoms with Crippen molar-refractivity contribution in [1.29, 1.82) is 0 Å². The van der Waals surface area contributed by atoms with E-state index in [0.29, 0.717) is 11.2 Å². The number of nitrogen functional groups attached to an aromatic ring is 1. The Bertz CT molecular complexity index is 381. The summed E-state index contributed by atoms with van der Waals surface area (Å²) < 4.78 is 0. The molecule has 0 unspecified atom stereocenters. The average Bonchev–Trinajstić information content (AvgIpc) is 2.83. The van der Waals surface area contributed by atoms with Crippen LogP contribution in [0.3, 0.4) is 0 Å². The van der Waals surface area contributed by atoms with Crippen molar-refractivity contribution in [2.24, 2.45) is 11.3 Å². The van der Waals surface area contributed by atoms with Gasteiger partial charge in [0.2, 0.25) is 0 Å². The highest BCUT2D eigenvalue weighted by molar-refractivity contribution is 7.98. The summed E-state index contributed by atoms with van der Waals surface area (Å²) in [4.78, 5) is 8.68. The van der Waals surface area contributed by atoms with Crippen molar-refractivity contribution >= 4 is 23.4 Å². The van der Waals surface area contributed by atoms with E-state index in [1.54, 1.807) is 0 Å². The van der Waals surface area contributed by atoms with E-state index in [1.165, 1.54) is 37.4 Å². The van der Waals surface area contributed by atoms with E-state index in [4.69, 9.17) is 5.84 Å². The molecule has 1 aliphatic carbocycles. The lowest BCUT2D eigenvalue weighted by Crippen LogP contribution is -2.23. The van der Waals surface area contributed by atoms with Crippen molar-refractivity contribution in [2.45, 2.75) is 37.8 Å². The molecule has 0 atom stereocenters. The van der Waals surface area contributed by atoms with Crippen LogP contribution in [0, 0.1) is 5.41 Å². The molecule has 0 radical (unpaired) electrons. The molecule has 5 nitrogen and oxygen atoms in total. The van der Waals surface area contributed by atoms with Crippen molar-refractivity contribution in [3.63, 3.8) is 0 Å². The van der Waals surface area contributed by atoms with Crippen LogP contribution < -0.4 is 16.6 Å². The van der Waals surface area contributed by atoms with E-state index in [-0.39, 0.29) is 0 Å². The maximum atomic E-state index is 5.41. The smallest absolute Gasteiger partial charge is 0.191 e. The van der Waals surface area contributed by atoms with Crippen molar-refractivity contribution in [2.75, 3.05) is 23.5 Å². The minimum atomic E-state index is 0.404. The highest BCUT2D eigenvalue weighted by Crippen LogP contribution is 2.37. The Hall–Kier alpha value is -1.01. The number of thioether (sulfide) groups is 1. The van der Waals surface area contributed by atoms with Crippen LogP contribution in [0.25, 0.3) is 0 Å². The van der Waals surface area contributed by atoms with Gasteiger partial charge in [-0.25, -0.2) is 15.8 Å². The number of nitrogens with one attached hydrogen (secondary N) is 2. The third-order valence-corrected chi connectivity index (χ3v) is 4.09. The number of hydrogen-bond acceptors (Lipinski definition) is 6. The molecule has 18 heavy (non-hydrogen) atoms. The molecule has 2 rings (SSSR count). The zero-order valence-electron chi connectivity index (χ0n) is 11.0. The topological polar surface area (TPSA) is 75.9 Å². The van der Waals surface area contributed by atoms with E-state index in [1.807, 2.05) is 12.3 Å². The van der Waals surface area contributed by atoms with Gasteiger partial charge in [-0.15, -0.1) is 0 Å². The molecule has 6 heteroatoms. The lowest BCUT2D eigenvalue weighted by atomic mass is 9.89. The molecular formula is C12H21N5S. The standard InChI is InChI=1S/C12H21N5S/c1-12(5-3-4-6-12)8-14-9-7-10(17-13)16-11(15-9)18-2/h7H,3-6,8,13H2,1-2H3,(H2,14,15,16,17). The third-order valence-electron chi connectivity index (χ3n) is 3.54. The second-order valence-electron chi connectivity index (χ2n) is 5.14. The van der Waals surface area contributed by atoms with Gasteiger partial charge in [0.05, 0.1) is 0 Å². The quantitative estimate of drug-likeness (QED) is 0.329. The summed E-state index contributed by atoms with van der Waals surface area (Å²) in [6.07, 6.45) is 7.23. The van der Waals surface area contributed by atoms with Gasteiger partial charge in [0.1, 0.15) is 11.6 Å². The highest BCUT2D eigenvalue weighted by Gasteiger charge is 2.28. The number of hydrazine groups is 1. The number of rotatable bonds is 5. The molecule has 1 aromatic rings. The van der Waals surface area contributed by atoms with Crippen LogP contribution in [0.15, 0.2) is 11.2 Å². The van der Waals surface area contributed by atoms with Gasteiger partial charge in [0.25, 0.3) is 0 Å². The summed E-state index contributed by atoms with van der Waals surface area (Å²) >= 11 is 1.51. The molecule has 100 valence electrons. The summed E-state index contributed by atoms with van der Waals surface area (Å²) in [7, 11) is 0. The third kappa shape index (κ3) is 3.26. The summed E-state index contributed by atoms with van der Waals surface area (Å²) in [6, 6.07) is 1.85. The largest absolute Gasteiger partial charge is 0.369 e. The van der Waals surface area contributed by atoms with E-state index < -0.39 is 0 Å². The van der Waals surface area contributed by atoms with Crippen LogP contribution in [0.5, 0.6) is 0 Å². The summed E-state index contributed by atoms with van der Waals surface area (Å²) in [6.45, 7) is 3.30. The second-order valence-corrected chi connectivity index (χ2v) is 5.91. The fourth-order valence-corrected chi connectivity index (χ4v) is 2.77. The van der Waals surface area contributed by atoms with Crippen LogP contribution in [-0.4, -0.2) is 22.8 Å². The minimum Gasteiger partial charge on any atom is -0.369 e. The first-order valence-electron chi connectivity index (χ1n) is 6.29. The Morgan fingerprint density at radius 2 is 2.00 bits per heavy atom. The zero-order valence-corrected chi connectivity index (χ0v) is 11.8. The molecule has 1 fully saturated rings. The molecular weight excluding hydrogens is 246 g/mol. The molecule has 1 aromatic heterocycles. The first-order valence-corrected chi connectivity index (χ1v) is 7.51. The average molecular weight is 267 g/mol. The van der Waals surface area contributed by atoms with Gasteiger partial charge < -0.3 is 10.7 Å². The normalized spacial score (nSPS) is 17.7. The Labute approximate surface area is 112 Å². The first kappa shape index (κ1) is 13.4. The molecule has 0 aliphatic heterocycles. The van der Waals surface area contributed by atoms with Crippen LogP contribution in [0.1, 0.15) is 32.6 Å². The van der Waals surface area contributed by atoms with Crippen molar-refractivity contribution in [3.05, 3.63) is 6.07 Å². The molecule has 0 aromatic carbocycles. The zero-order chi connectivity index (χ0) is 13.0. The maximum Gasteiger partial charge on any atom is 0.191 e. The summed E-state index contributed by atoms with van der Waals surface area (Å²) in [5, 5.41) is 4.14. The van der Waals surface area contributed by atoms with Gasteiger partial charge in [-0.1, -0.05) is 31.5 Å². The SMILES string of the molecule is CSc1nc(NN)cc(NCC2(C)CCCC2)n1. The Morgan fingerprint density at radius 3 is 2.61 bits per heavy atom. The predicted octanol–water partition coefficient (Wildman–Crippen LogP) is 2.48. The van der Waals surface area contributed by atoms with Gasteiger partial charge in [-0.3, -0.25) is 0 Å². The molecule has 0 spiro atoms. The van der Waals surface area contributed by atoms with E-state index >= 15 is 0 Å². The van der Waals surface area contributed by atoms with Gasteiger partial charge >= 0.3 is 0 Å². The van der Waals surface area contributed by atoms with Crippen molar-refractivity contribution in [3.8, 4) is 0 Å². The number of hydrogen-bond donors (Lipinski definition) is 3. The summed E-state index contributed by atoms with van der Waals surface area (Å²) in [5.41, 5.74) is 2.98. The Morgan fingerprint density at radius 1 is 1.33 bits per heavy atom. The fraction of sp³-hybridized carbons (Fsp3) is 0.667. The lowest BCUT2D eigenvalue weighted by Gasteiger charge is -2.24. The predicted molar refractivity (Wildman–Crippen MR) is 76.7 cm³/mol. The minimum absolute atomic E-state index is 0.404. The number of nitrogens with two attached hydrogens (primary N) is 1. The fourth-order valence-electron chi connectivity index (χ4n) is 2.39. The van der Waals surface area contributed by atoms with Crippen LogP contribution in [-0.2, 0) is 0 Å². The first-order chi connectivity index (χ1) is 8.65. The second kappa shape index (κ2) is 5.75. The molecule has 1 aliphatic rings. The number of nitrogens with zero attached hydrogens (tertiary/aromatic N) is 2. The number of aromatic nitrogens is 2. The molecule has 1 saturated carbocycles. The van der Waals surface area contributed by atoms with E-state index in [2.05, 4.69) is 27.6 Å². The van der Waals surface area contributed by atoms with Crippen LogP contribution in [0.4, 0.5) is 11.6 Å². The van der Waals surface area contributed by atoms with Gasteiger partial charge in [-0.2, -0.15) is 0 Å². The maximum absolute atomic E-state index is 5.41. The lowest BCUT2D eigenvalue weighted by molar-refractivity contribution is 0.361. The monoisotopic (exact) mass is 267 g/mol. The molecule has 0 amide bonds. The highest BCUT2D eigenvalue weighted by atomic mass is 32.2. The Kier molecular flexibility index (Phi) is 4.29. The van der Waals surface area contributed by atoms with Crippen molar-refractivity contribution in [1.82, 2.24) is 9.97 Å². The van der Waals surface area contributed by atoms with Crippen LogP contribution >= 0.6 is 11.8 Å². The van der Waals surface area contributed by atoms with Crippen molar-refractivity contribution < 1.29 is 0 Å². The molecule has 0 saturated heterocycles. The Balaban J connectivity index is 2.04. The molecule has 4 N–H and O–H groups in total. The molecule has 1 heterocycles. The van der Waals surface area contributed by atoms with E-state index in [9.17, 15) is 0 Å². The van der Waals surface area contributed by atoms with Gasteiger partial charge in [0.15, 0.2) is 5.16 Å². The van der Waals surface area contributed by atoms with E-state index in [0.717, 1.165) is 17.5 Å². The molecule has 0 bridgehead atoms. The van der Waals surface area contributed by atoms with Gasteiger partial charge in [-0.05, 0) is 24.5 Å². The van der Waals surface area contributed by atoms with Crippen LogP contribution in [0.2, 0.25) is 0 Å². The summed E-state index contributed by atoms with van der Waals surface area (Å²) in [5.74, 6) is 6.90.